The minimum atomic E-state index is -0.0925. The number of aromatic nitrogens is 2. The van der Waals surface area contributed by atoms with Crippen molar-refractivity contribution in [2.24, 2.45) is 0 Å². The zero-order chi connectivity index (χ0) is 69.2. The van der Waals surface area contributed by atoms with Crippen LogP contribution in [0.1, 0.15) is 25.0 Å². The Morgan fingerprint density at radius 2 is 0.558 bits per heavy atom. The van der Waals surface area contributed by atoms with E-state index in [2.05, 4.69) is 421 Å². The minimum absolute atomic E-state index is 0.0925. The second kappa shape index (κ2) is 25.8. The molecule has 3 aromatic heterocycles. The van der Waals surface area contributed by atoms with E-state index in [9.17, 15) is 0 Å². The molecule has 104 heavy (non-hydrogen) atoms. The van der Waals surface area contributed by atoms with Gasteiger partial charge in [0.15, 0.2) is 0 Å². The van der Waals surface area contributed by atoms with E-state index < -0.39 is 0 Å². The molecule has 0 spiro atoms. The summed E-state index contributed by atoms with van der Waals surface area (Å²) in [5.41, 5.74) is 28.8. The van der Waals surface area contributed by atoms with Crippen molar-refractivity contribution >= 4 is 109 Å². The monoisotopic (exact) mass is 1350 g/mol. The smallest absolute Gasteiger partial charge is 0.0541 e. The number of anilines is 6. The summed E-state index contributed by atoms with van der Waals surface area (Å²) in [5, 5.41) is 7.68. The molecule has 19 aromatic rings. The summed E-state index contributed by atoms with van der Waals surface area (Å²) >= 11 is 1.85. The highest BCUT2D eigenvalue weighted by atomic mass is 32.1. The first kappa shape index (κ1) is 62.0. The molecule has 0 atom stereocenters. The second-order valence-electron chi connectivity index (χ2n) is 27.6. The summed E-state index contributed by atoms with van der Waals surface area (Å²) in [5.74, 6) is 0. The average molecular weight is 1350 g/mol. The van der Waals surface area contributed by atoms with Crippen LogP contribution in [0, 0.1) is 0 Å². The van der Waals surface area contributed by atoms with E-state index in [1.54, 1.807) is 0 Å². The van der Waals surface area contributed by atoms with Crippen molar-refractivity contribution in [3.63, 3.8) is 0 Å². The third kappa shape index (κ3) is 10.9. The van der Waals surface area contributed by atoms with Crippen LogP contribution < -0.4 is 9.80 Å². The highest BCUT2D eigenvalue weighted by Gasteiger charge is 2.36. The standard InChI is InChI=1S/C51H38N2.C48H32N2S/c1-51(2)47-20-9-6-17-43(47)44-32-31-42(34-48(44)51)52(39-27-23-36(24-28-39)35-13-4-3-5-14-35)41-16-12-15-38(33-41)37-25-29-40(30-26-37)53-49-21-10-7-18-45(49)46-19-8-11-22-50(46)53;1-2-11-33(12-3-1)34-21-25-37(26-22-34)49(40-29-30-48-44(32-40)43-17-6-9-20-47(43)51-48)39-14-10-13-36(31-39)35-23-27-38(28-24-35)50-45-18-7-4-15-41(45)42-16-5-8-19-46(42)50/h3-34H,1-2H3;1-32H. The van der Waals surface area contributed by atoms with Crippen LogP contribution in [0.5, 0.6) is 0 Å². The number of fused-ring (bicyclic) bond motifs is 12. The van der Waals surface area contributed by atoms with Crippen LogP contribution in [0.15, 0.2) is 388 Å². The topological polar surface area (TPSA) is 16.3 Å². The quantitative estimate of drug-likeness (QED) is 0.121. The minimum Gasteiger partial charge on any atom is -0.310 e. The van der Waals surface area contributed by atoms with Crippen molar-refractivity contribution in [3.05, 3.63) is 399 Å². The Bertz CT molecular complexity index is 6310. The third-order valence-electron chi connectivity index (χ3n) is 21.2. The SMILES string of the molecule is CC1(C)c2ccccc2-c2ccc(N(c3ccc(-c4ccccc4)cc3)c3cccc(-c4ccc(-n5c6ccccc6c6ccccc65)cc4)c3)cc21.c1ccc(-c2ccc(N(c3cccc(-c4ccc(-n5c6ccccc6c6ccccc65)cc4)c3)c3ccc4sc5ccccc5c4c3)cc2)cc1. The first-order valence-electron chi connectivity index (χ1n) is 35.8. The van der Waals surface area contributed by atoms with E-state index >= 15 is 0 Å². The molecule has 0 unspecified atom stereocenters. The van der Waals surface area contributed by atoms with Crippen molar-refractivity contribution in [1.82, 2.24) is 9.13 Å². The molecule has 1 aliphatic rings. The van der Waals surface area contributed by atoms with Crippen molar-refractivity contribution in [2.75, 3.05) is 9.80 Å². The third-order valence-corrected chi connectivity index (χ3v) is 22.3. The van der Waals surface area contributed by atoms with Gasteiger partial charge >= 0.3 is 0 Å². The molecular weight excluding hydrogens is 1280 g/mol. The Labute approximate surface area is 609 Å². The summed E-state index contributed by atoms with van der Waals surface area (Å²) < 4.78 is 7.36. The van der Waals surface area contributed by atoms with Gasteiger partial charge in [-0.05, 0) is 200 Å². The fourth-order valence-electron chi connectivity index (χ4n) is 16.1. The maximum Gasteiger partial charge on any atom is 0.0541 e. The first-order chi connectivity index (χ1) is 51.3. The van der Waals surface area contributed by atoms with Crippen LogP contribution in [0.25, 0.3) is 131 Å². The van der Waals surface area contributed by atoms with Gasteiger partial charge in [0.05, 0.1) is 22.1 Å². The number of rotatable bonds is 12. The number of nitrogens with zero attached hydrogens (tertiary/aromatic N) is 4. The Balaban J connectivity index is 0.000000143. The Hall–Kier alpha value is -13.1. The van der Waals surface area contributed by atoms with Crippen LogP contribution >= 0.6 is 11.3 Å². The molecule has 0 bridgehead atoms. The molecule has 0 saturated heterocycles. The zero-order valence-electron chi connectivity index (χ0n) is 57.6. The van der Waals surface area contributed by atoms with Gasteiger partial charge in [-0.1, -0.05) is 269 Å². The van der Waals surface area contributed by atoms with Gasteiger partial charge in [0.25, 0.3) is 0 Å². The maximum atomic E-state index is 2.41. The van der Waals surface area contributed by atoms with Crippen molar-refractivity contribution in [1.29, 1.82) is 0 Å². The molecule has 0 N–H and O–H groups in total. The lowest BCUT2D eigenvalue weighted by Crippen LogP contribution is -2.16. The highest BCUT2D eigenvalue weighted by Crippen LogP contribution is 2.51. The summed E-state index contributed by atoms with van der Waals surface area (Å²) in [6, 6.07) is 141. The van der Waals surface area contributed by atoms with Gasteiger partial charge in [-0.25, -0.2) is 0 Å². The molecule has 0 fully saturated rings. The van der Waals surface area contributed by atoms with Gasteiger partial charge in [0.2, 0.25) is 0 Å². The van der Waals surface area contributed by atoms with Crippen molar-refractivity contribution < 1.29 is 0 Å². The van der Waals surface area contributed by atoms with E-state index in [0.717, 1.165) is 45.5 Å². The first-order valence-corrected chi connectivity index (χ1v) is 36.6. The largest absolute Gasteiger partial charge is 0.310 e. The summed E-state index contributed by atoms with van der Waals surface area (Å²) in [7, 11) is 0. The molecule has 5 heteroatoms. The lowest BCUT2D eigenvalue weighted by atomic mass is 9.82. The predicted octanol–water partition coefficient (Wildman–Crippen LogP) is 27.8. The Kier molecular flexibility index (Phi) is 15.4. The maximum absolute atomic E-state index is 2.41. The fraction of sp³-hybridized carbons (Fsp3) is 0.0303. The fourth-order valence-corrected chi connectivity index (χ4v) is 17.2. The van der Waals surface area contributed by atoms with Gasteiger partial charge in [-0.15, -0.1) is 11.3 Å². The lowest BCUT2D eigenvalue weighted by Gasteiger charge is -2.28. The highest BCUT2D eigenvalue weighted by molar-refractivity contribution is 7.25. The molecule has 0 aliphatic heterocycles. The van der Waals surface area contributed by atoms with E-state index in [-0.39, 0.29) is 5.41 Å². The normalized spacial score (nSPS) is 12.2. The van der Waals surface area contributed by atoms with Crippen LogP contribution in [0.2, 0.25) is 0 Å². The number of hydrogen-bond donors (Lipinski definition) is 0. The number of hydrogen-bond acceptors (Lipinski definition) is 3. The van der Waals surface area contributed by atoms with E-state index in [1.807, 2.05) is 11.3 Å². The predicted molar refractivity (Wildman–Crippen MR) is 443 cm³/mol. The molecule has 0 amide bonds. The van der Waals surface area contributed by atoms with Gasteiger partial charge in [0, 0.05) is 92.6 Å². The van der Waals surface area contributed by atoms with Crippen LogP contribution in [-0.2, 0) is 5.41 Å². The van der Waals surface area contributed by atoms with E-state index in [1.165, 1.54) is 131 Å². The molecule has 3 heterocycles. The summed E-state index contributed by atoms with van der Waals surface area (Å²) in [6.07, 6.45) is 0. The Morgan fingerprint density at radius 1 is 0.221 bits per heavy atom. The summed E-state index contributed by atoms with van der Waals surface area (Å²) in [6.45, 7) is 4.70. The van der Waals surface area contributed by atoms with Gasteiger partial charge in [-0.3, -0.25) is 0 Å². The van der Waals surface area contributed by atoms with Crippen LogP contribution in [-0.4, -0.2) is 9.13 Å². The molecular formula is C99H70N4S. The zero-order valence-corrected chi connectivity index (χ0v) is 58.5. The number of para-hydroxylation sites is 4. The molecule has 1 aliphatic carbocycles. The van der Waals surface area contributed by atoms with Crippen molar-refractivity contribution in [3.8, 4) is 67.0 Å². The van der Waals surface area contributed by atoms with E-state index in [4.69, 9.17) is 0 Å². The average Bonchev–Trinajstić information content (AvgIpc) is 1.56. The molecule has 0 radical (unpaired) electrons. The number of benzene rings is 16. The lowest BCUT2D eigenvalue weighted by molar-refractivity contribution is 0.660. The molecule has 492 valence electrons. The Morgan fingerprint density at radius 3 is 1.05 bits per heavy atom. The van der Waals surface area contributed by atoms with Crippen LogP contribution in [0.4, 0.5) is 34.1 Å². The molecule has 0 saturated carbocycles. The summed E-state index contributed by atoms with van der Waals surface area (Å²) in [4.78, 5) is 4.79. The van der Waals surface area contributed by atoms with Crippen molar-refractivity contribution in [2.45, 2.75) is 19.3 Å². The van der Waals surface area contributed by atoms with E-state index in [0.29, 0.717) is 0 Å². The molecule has 4 nitrogen and oxygen atoms in total. The van der Waals surface area contributed by atoms with Gasteiger partial charge < -0.3 is 18.9 Å². The van der Waals surface area contributed by atoms with Gasteiger partial charge in [0.1, 0.15) is 0 Å². The molecule has 20 rings (SSSR count). The number of thiophene rings is 1. The van der Waals surface area contributed by atoms with Crippen LogP contribution in [0.3, 0.4) is 0 Å². The molecule has 16 aromatic carbocycles. The van der Waals surface area contributed by atoms with Gasteiger partial charge in [-0.2, -0.15) is 0 Å². The second-order valence-corrected chi connectivity index (χ2v) is 28.7.